The first-order valence-electron chi connectivity index (χ1n) is 4.15. The monoisotopic (exact) mass is 161 g/mol. The highest BCUT2D eigenvalue weighted by Crippen LogP contribution is 2.03. The van der Waals surface area contributed by atoms with Gasteiger partial charge in [0.25, 0.3) is 0 Å². The zero-order valence-electron chi connectivity index (χ0n) is 7.42. The highest BCUT2D eigenvalue weighted by molar-refractivity contribution is 4.70. The van der Waals surface area contributed by atoms with Crippen molar-refractivity contribution in [2.24, 2.45) is 5.73 Å². The molecule has 0 heterocycles. The molecule has 0 aliphatic heterocycles. The Bertz CT molecular complexity index is 88.2. The van der Waals surface area contributed by atoms with Crippen LogP contribution >= 0.6 is 0 Å². The fourth-order valence-corrected chi connectivity index (χ4v) is 0.956. The van der Waals surface area contributed by atoms with Crippen LogP contribution in [-0.2, 0) is 4.74 Å². The number of nitrogens with two attached hydrogens (primary N) is 1. The van der Waals surface area contributed by atoms with E-state index < -0.39 is 0 Å². The first-order chi connectivity index (χ1) is 5.22. The van der Waals surface area contributed by atoms with Gasteiger partial charge in [-0.2, -0.15) is 0 Å². The second-order valence-corrected chi connectivity index (χ2v) is 2.80. The van der Waals surface area contributed by atoms with Crippen molar-refractivity contribution in [1.82, 2.24) is 0 Å². The van der Waals surface area contributed by atoms with Gasteiger partial charge in [0, 0.05) is 19.8 Å². The normalized spacial score (nSPS) is 16.4. The molecule has 0 saturated heterocycles. The zero-order chi connectivity index (χ0) is 8.69. The summed E-state index contributed by atoms with van der Waals surface area (Å²) in [7, 11) is 1.64. The van der Waals surface area contributed by atoms with Gasteiger partial charge in [0.2, 0.25) is 0 Å². The summed E-state index contributed by atoms with van der Waals surface area (Å²) in [5, 5.41) is 9.36. The first-order valence-corrected chi connectivity index (χ1v) is 4.15. The lowest BCUT2D eigenvalue weighted by Crippen LogP contribution is -2.35. The third-order valence-electron chi connectivity index (χ3n) is 1.73. The molecule has 0 fully saturated rings. The van der Waals surface area contributed by atoms with Crippen molar-refractivity contribution in [3.8, 4) is 0 Å². The number of hydrogen-bond donors (Lipinski definition) is 2. The van der Waals surface area contributed by atoms with Crippen LogP contribution in [0.3, 0.4) is 0 Å². The van der Waals surface area contributed by atoms with E-state index in [1.807, 2.05) is 6.92 Å². The van der Waals surface area contributed by atoms with Gasteiger partial charge in [0.05, 0.1) is 6.10 Å². The van der Waals surface area contributed by atoms with Gasteiger partial charge in [-0.05, 0) is 12.8 Å². The fraction of sp³-hybridized carbons (Fsp3) is 1.00. The van der Waals surface area contributed by atoms with Crippen LogP contribution in [-0.4, -0.2) is 31.0 Å². The maximum Gasteiger partial charge on any atom is 0.0691 e. The molecule has 0 spiro atoms. The summed E-state index contributed by atoms with van der Waals surface area (Å²) in [6.45, 7) is 2.66. The second kappa shape index (κ2) is 6.58. The van der Waals surface area contributed by atoms with Crippen molar-refractivity contribution >= 4 is 0 Å². The van der Waals surface area contributed by atoms with Crippen molar-refractivity contribution in [3.05, 3.63) is 0 Å². The summed E-state index contributed by atoms with van der Waals surface area (Å²) in [5.74, 6) is 0. The molecular weight excluding hydrogens is 142 g/mol. The lowest BCUT2D eigenvalue weighted by Gasteiger charge is -2.17. The Hall–Kier alpha value is -0.120. The van der Waals surface area contributed by atoms with Gasteiger partial charge < -0.3 is 15.6 Å². The molecule has 3 N–H and O–H groups in total. The lowest BCUT2D eigenvalue weighted by atomic mass is 10.1. The molecule has 2 atom stereocenters. The van der Waals surface area contributed by atoms with Gasteiger partial charge in [-0.15, -0.1) is 0 Å². The van der Waals surface area contributed by atoms with Gasteiger partial charge in [0.1, 0.15) is 0 Å². The van der Waals surface area contributed by atoms with Crippen molar-refractivity contribution in [1.29, 1.82) is 0 Å². The molecule has 3 heteroatoms. The highest BCUT2D eigenvalue weighted by Gasteiger charge is 2.12. The Morgan fingerprint density at radius 2 is 2.09 bits per heavy atom. The molecule has 3 nitrogen and oxygen atoms in total. The minimum atomic E-state index is -0.366. The summed E-state index contributed by atoms with van der Waals surface area (Å²) in [6.07, 6.45) is 2.12. The third-order valence-corrected chi connectivity index (χ3v) is 1.73. The van der Waals surface area contributed by atoms with Crippen LogP contribution in [0.15, 0.2) is 0 Å². The molecule has 0 rings (SSSR count). The molecular formula is C8H19NO2. The number of hydrogen-bond acceptors (Lipinski definition) is 3. The molecule has 0 amide bonds. The number of rotatable bonds is 6. The molecule has 11 heavy (non-hydrogen) atoms. The minimum Gasteiger partial charge on any atom is -0.392 e. The van der Waals surface area contributed by atoms with Crippen LogP contribution in [0, 0.1) is 0 Å². The summed E-state index contributed by atoms with van der Waals surface area (Å²) in [4.78, 5) is 0. The molecule has 0 aliphatic rings. The van der Waals surface area contributed by atoms with Gasteiger partial charge in [0.15, 0.2) is 0 Å². The van der Waals surface area contributed by atoms with Crippen LogP contribution < -0.4 is 5.73 Å². The van der Waals surface area contributed by atoms with E-state index in [9.17, 15) is 5.11 Å². The topological polar surface area (TPSA) is 55.5 Å². The first kappa shape index (κ1) is 10.9. The summed E-state index contributed by atoms with van der Waals surface area (Å²) >= 11 is 0. The molecule has 0 bridgehead atoms. The smallest absolute Gasteiger partial charge is 0.0691 e. The summed E-state index contributed by atoms with van der Waals surface area (Å²) in [5.41, 5.74) is 5.66. The second-order valence-electron chi connectivity index (χ2n) is 2.80. The van der Waals surface area contributed by atoms with Gasteiger partial charge in [-0.25, -0.2) is 0 Å². The van der Waals surface area contributed by atoms with Gasteiger partial charge >= 0.3 is 0 Å². The number of ether oxygens (including phenoxy) is 1. The van der Waals surface area contributed by atoms with Crippen molar-refractivity contribution < 1.29 is 9.84 Å². The van der Waals surface area contributed by atoms with E-state index in [0.717, 1.165) is 19.3 Å². The Balaban J connectivity index is 3.38. The maximum atomic E-state index is 9.36. The highest BCUT2D eigenvalue weighted by atomic mass is 16.5. The fourth-order valence-electron chi connectivity index (χ4n) is 0.956. The quantitative estimate of drug-likeness (QED) is 0.597. The third kappa shape index (κ3) is 5.18. The Morgan fingerprint density at radius 3 is 2.55 bits per heavy atom. The number of methoxy groups -OCH3 is 1. The van der Waals surface area contributed by atoms with Crippen molar-refractivity contribution in [2.45, 2.75) is 38.3 Å². The molecule has 0 aliphatic carbocycles. The molecule has 2 unspecified atom stereocenters. The largest absolute Gasteiger partial charge is 0.392 e. The average Bonchev–Trinajstić information content (AvgIpc) is 2.00. The van der Waals surface area contributed by atoms with Crippen LogP contribution in [0.4, 0.5) is 0 Å². The van der Waals surface area contributed by atoms with Crippen LogP contribution in [0.5, 0.6) is 0 Å². The molecule has 0 radical (unpaired) electrons. The van der Waals surface area contributed by atoms with E-state index in [4.69, 9.17) is 10.5 Å². The van der Waals surface area contributed by atoms with Crippen LogP contribution in [0.25, 0.3) is 0 Å². The van der Waals surface area contributed by atoms with E-state index in [2.05, 4.69) is 0 Å². The van der Waals surface area contributed by atoms with E-state index >= 15 is 0 Å². The number of aliphatic hydroxyl groups is 1. The number of aliphatic hydroxyl groups excluding tert-OH is 1. The van der Waals surface area contributed by atoms with Gasteiger partial charge in [-0.1, -0.05) is 13.3 Å². The Morgan fingerprint density at radius 1 is 1.45 bits per heavy atom. The van der Waals surface area contributed by atoms with Gasteiger partial charge in [-0.3, -0.25) is 0 Å². The van der Waals surface area contributed by atoms with Crippen molar-refractivity contribution in [2.75, 3.05) is 13.7 Å². The van der Waals surface area contributed by atoms with E-state index in [1.54, 1.807) is 7.11 Å². The zero-order valence-corrected chi connectivity index (χ0v) is 7.42. The minimum absolute atomic E-state index is 0.130. The molecule has 68 valence electrons. The molecule has 0 aromatic rings. The summed E-state index contributed by atoms with van der Waals surface area (Å²) < 4.78 is 4.85. The standard InChI is InChI=1S/C8H19NO2/c1-3-4-8(10)7(9)5-6-11-2/h7-8,10H,3-6,9H2,1-2H3. The van der Waals surface area contributed by atoms with Crippen LogP contribution in [0.1, 0.15) is 26.2 Å². The predicted octanol–water partition coefficient (Wildman–Crippen LogP) is 0.511. The van der Waals surface area contributed by atoms with E-state index in [1.165, 1.54) is 0 Å². The van der Waals surface area contributed by atoms with Crippen LogP contribution in [0.2, 0.25) is 0 Å². The Kier molecular flexibility index (Phi) is 6.51. The Labute approximate surface area is 68.5 Å². The summed E-state index contributed by atoms with van der Waals surface area (Å²) in [6, 6.07) is -0.130. The van der Waals surface area contributed by atoms with E-state index in [0.29, 0.717) is 6.61 Å². The molecule has 0 aromatic heterocycles. The average molecular weight is 161 g/mol. The maximum absolute atomic E-state index is 9.36. The molecule has 0 aromatic carbocycles. The van der Waals surface area contributed by atoms with Crippen molar-refractivity contribution in [3.63, 3.8) is 0 Å². The molecule has 0 saturated carbocycles. The predicted molar refractivity (Wildman–Crippen MR) is 45.4 cm³/mol. The lowest BCUT2D eigenvalue weighted by molar-refractivity contribution is 0.108. The van der Waals surface area contributed by atoms with E-state index in [-0.39, 0.29) is 12.1 Å². The SMILES string of the molecule is CCCC(O)C(N)CCOC.